The zero-order chi connectivity index (χ0) is 15.2. The van der Waals surface area contributed by atoms with E-state index >= 15 is 0 Å². The predicted molar refractivity (Wildman–Crippen MR) is 81.7 cm³/mol. The zero-order valence-electron chi connectivity index (χ0n) is 13.2. The fraction of sp³-hybridized carbons (Fsp3) is 0.875. The van der Waals surface area contributed by atoms with Crippen molar-refractivity contribution >= 4 is 11.9 Å². The number of nitrogens with zero attached hydrogens (tertiary/aromatic N) is 1. The molecule has 1 amide bonds. The number of carbonyl (C=O) groups excluding carboxylic acids is 1. The lowest BCUT2D eigenvalue weighted by Gasteiger charge is -2.16. The highest BCUT2D eigenvalue weighted by molar-refractivity contribution is 5.75. The van der Waals surface area contributed by atoms with Crippen molar-refractivity contribution in [2.24, 2.45) is 0 Å². The maximum Gasteiger partial charge on any atom is 0.303 e. The number of carboxylic acid groups (broad SMARTS) is 1. The summed E-state index contributed by atoms with van der Waals surface area (Å²) in [5.74, 6) is -0.450. The molecule has 0 unspecified atom stereocenters. The molecule has 0 atom stereocenters. The van der Waals surface area contributed by atoms with Gasteiger partial charge in [-0.25, -0.2) is 0 Å². The van der Waals surface area contributed by atoms with Gasteiger partial charge in [-0.05, 0) is 19.3 Å². The van der Waals surface area contributed by atoms with E-state index < -0.39 is 5.97 Å². The van der Waals surface area contributed by atoms with E-state index in [1.807, 2.05) is 11.9 Å². The minimum atomic E-state index is -0.707. The number of amides is 1. The van der Waals surface area contributed by atoms with Crippen molar-refractivity contribution in [1.29, 1.82) is 0 Å². The molecule has 0 spiro atoms. The van der Waals surface area contributed by atoms with Gasteiger partial charge in [0, 0.05) is 26.4 Å². The first-order valence-corrected chi connectivity index (χ1v) is 8.03. The van der Waals surface area contributed by atoms with Crippen molar-refractivity contribution in [2.75, 3.05) is 13.6 Å². The highest BCUT2D eigenvalue weighted by Crippen LogP contribution is 2.09. The summed E-state index contributed by atoms with van der Waals surface area (Å²) in [6.07, 6.45) is 10.4. The lowest BCUT2D eigenvalue weighted by atomic mass is 10.1. The minimum absolute atomic E-state index is 0.256. The molecule has 0 bridgehead atoms. The number of hydrogen-bond acceptors (Lipinski definition) is 2. The molecule has 0 aliphatic carbocycles. The summed E-state index contributed by atoms with van der Waals surface area (Å²) in [7, 11) is 1.89. The lowest BCUT2D eigenvalue weighted by Crippen LogP contribution is -2.27. The normalized spacial score (nSPS) is 10.5. The van der Waals surface area contributed by atoms with Gasteiger partial charge in [0.2, 0.25) is 5.91 Å². The van der Waals surface area contributed by atoms with Gasteiger partial charge < -0.3 is 10.0 Å². The first kappa shape index (κ1) is 18.9. The fourth-order valence-electron chi connectivity index (χ4n) is 2.17. The van der Waals surface area contributed by atoms with Gasteiger partial charge in [0.1, 0.15) is 0 Å². The van der Waals surface area contributed by atoms with Crippen LogP contribution in [0.4, 0.5) is 0 Å². The van der Waals surface area contributed by atoms with E-state index in [0.717, 1.165) is 51.5 Å². The molecule has 0 fully saturated rings. The van der Waals surface area contributed by atoms with Crippen LogP contribution in [0.15, 0.2) is 0 Å². The molecule has 0 aromatic rings. The number of rotatable bonds is 13. The number of unbranched alkanes of at least 4 members (excludes halogenated alkanes) is 7. The third-order valence-corrected chi connectivity index (χ3v) is 3.55. The van der Waals surface area contributed by atoms with Crippen LogP contribution < -0.4 is 0 Å². The van der Waals surface area contributed by atoms with E-state index in [4.69, 9.17) is 5.11 Å². The van der Waals surface area contributed by atoms with Crippen LogP contribution in [0.25, 0.3) is 0 Å². The van der Waals surface area contributed by atoms with Crippen LogP contribution in [-0.4, -0.2) is 35.5 Å². The first-order chi connectivity index (χ1) is 9.57. The van der Waals surface area contributed by atoms with Crippen LogP contribution in [0.5, 0.6) is 0 Å². The molecule has 0 heterocycles. The maximum absolute atomic E-state index is 11.8. The number of carbonyl (C=O) groups is 2. The Bertz CT molecular complexity index is 266. The molecule has 4 nitrogen and oxygen atoms in total. The molecular weight excluding hydrogens is 254 g/mol. The monoisotopic (exact) mass is 285 g/mol. The lowest BCUT2D eigenvalue weighted by molar-refractivity contribution is -0.137. The predicted octanol–water partition coefficient (Wildman–Crippen LogP) is 3.84. The summed E-state index contributed by atoms with van der Waals surface area (Å²) < 4.78 is 0. The molecule has 0 rings (SSSR count). The second kappa shape index (κ2) is 12.9. The summed E-state index contributed by atoms with van der Waals surface area (Å²) in [6, 6.07) is 0. The Morgan fingerprint density at radius 3 is 1.95 bits per heavy atom. The smallest absolute Gasteiger partial charge is 0.303 e. The van der Waals surface area contributed by atoms with Crippen molar-refractivity contribution in [2.45, 2.75) is 77.6 Å². The summed E-state index contributed by atoms with van der Waals surface area (Å²) in [5.41, 5.74) is 0. The summed E-state index contributed by atoms with van der Waals surface area (Å²) >= 11 is 0. The van der Waals surface area contributed by atoms with Crippen molar-refractivity contribution < 1.29 is 14.7 Å². The molecule has 118 valence electrons. The van der Waals surface area contributed by atoms with Gasteiger partial charge in [-0.3, -0.25) is 9.59 Å². The molecule has 0 aliphatic heterocycles. The molecule has 4 heteroatoms. The van der Waals surface area contributed by atoms with Gasteiger partial charge in [-0.2, -0.15) is 0 Å². The summed E-state index contributed by atoms with van der Waals surface area (Å²) in [4.78, 5) is 24.0. The largest absolute Gasteiger partial charge is 0.481 e. The molecule has 0 saturated heterocycles. The Labute approximate surface area is 123 Å². The SMILES string of the molecule is CCCCCN(C)C(=O)CCCCCCCCC(=O)O. The molecular formula is C16H31NO3. The van der Waals surface area contributed by atoms with E-state index in [9.17, 15) is 9.59 Å². The van der Waals surface area contributed by atoms with Gasteiger partial charge in [-0.15, -0.1) is 0 Å². The average molecular weight is 285 g/mol. The first-order valence-electron chi connectivity index (χ1n) is 8.03. The van der Waals surface area contributed by atoms with Crippen molar-refractivity contribution in [3.05, 3.63) is 0 Å². The Kier molecular flexibility index (Phi) is 12.3. The summed E-state index contributed by atoms with van der Waals surface area (Å²) in [6.45, 7) is 3.04. The number of aliphatic carboxylic acids is 1. The molecule has 0 aliphatic rings. The Morgan fingerprint density at radius 1 is 0.850 bits per heavy atom. The third kappa shape index (κ3) is 12.0. The van der Waals surface area contributed by atoms with Crippen LogP contribution in [0.1, 0.15) is 77.6 Å². The topological polar surface area (TPSA) is 57.6 Å². The Morgan fingerprint density at radius 2 is 1.40 bits per heavy atom. The molecule has 1 N–H and O–H groups in total. The average Bonchev–Trinajstić information content (AvgIpc) is 2.41. The van der Waals surface area contributed by atoms with E-state index in [1.54, 1.807) is 0 Å². The van der Waals surface area contributed by atoms with Crippen molar-refractivity contribution in [3.63, 3.8) is 0 Å². The highest BCUT2D eigenvalue weighted by atomic mass is 16.4. The minimum Gasteiger partial charge on any atom is -0.481 e. The Balaban J connectivity index is 3.36. The van der Waals surface area contributed by atoms with Gasteiger partial charge in [0.25, 0.3) is 0 Å². The van der Waals surface area contributed by atoms with Crippen LogP contribution in [-0.2, 0) is 9.59 Å². The number of carboxylic acids is 1. The van der Waals surface area contributed by atoms with E-state index in [1.165, 1.54) is 12.8 Å². The molecule has 0 radical (unpaired) electrons. The van der Waals surface area contributed by atoms with Gasteiger partial charge in [0.15, 0.2) is 0 Å². The second-order valence-electron chi connectivity index (χ2n) is 5.54. The van der Waals surface area contributed by atoms with E-state index in [0.29, 0.717) is 6.42 Å². The van der Waals surface area contributed by atoms with E-state index in [2.05, 4.69) is 6.92 Å². The molecule has 0 aromatic carbocycles. The summed E-state index contributed by atoms with van der Waals surface area (Å²) in [5, 5.41) is 8.50. The molecule has 0 aromatic heterocycles. The highest BCUT2D eigenvalue weighted by Gasteiger charge is 2.07. The van der Waals surface area contributed by atoms with E-state index in [-0.39, 0.29) is 12.3 Å². The van der Waals surface area contributed by atoms with Gasteiger partial charge >= 0.3 is 5.97 Å². The van der Waals surface area contributed by atoms with Crippen LogP contribution in [0, 0.1) is 0 Å². The Hall–Kier alpha value is -1.06. The molecule has 20 heavy (non-hydrogen) atoms. The van der Waals surface area contributed by atoms with Crippen LogP contribution in [0.2, 0.25) is 0 Å². The van der Waals surface area contributed by atoms with Crippen molar-refractivity contribution in [3.8, 4) is 0 Å². The third-order valence-electron chi connectivity index (χ3n) is 3.55. The fourth-order valence-corrected chi connectivity index (χ4v) is 2.17. The second-order valence-corrected chi connectivity index (χ2v) is 5.54. The standard InChI is InChI=1S/C16H31NO3/c1-3-4-11-14-17(2)15(18)12-9-7-5-6-8-10-13-16(19)20/h3-14H2,1-2H3,(H,19,20). The quantitative estimate of drug-likeness (QED) is 0.523. The van der Waals surface area contributed by atoms with Crippen LogP contribution in [0.3, 0.4) is 0 Å². The van der Waals surface area contributed by atoms with Crippen molar-refractivity contribution in [1.82, 2.24) is 4.90 Å². The van der Waals surface area contributed by atoms with Crippen LogP contribution >= 0.6 is 0 Å². The zero-order valence-corrected chi connectivity index (χ0v) is 13.2. The maximum atomic E-state index is 11.8. The molecule has 0 saturated carbocycles. The van der Waals surface area contributed by atoms with Gasteiger partial charge in [0.05, 0.1) is 0 Å². The number of hydrogen-bond donors (Lipinski definition) is 1. The van der Waals surface area contributed by atoms with Gasteiger partial charge in [-0.1, -0.05) is 45.4 Å².